The SMILES string of the molecule is Cc1cccc(-n2c(C)cc(C3C(c4ccccn4)NC(=S)N3c3ccc(Br)c(C)c3)c2C)c1. The highest BCUT2D eigenvalue weighted by Crippen LogP contribution is 2.44. The first kappa shape index (κ1) is 22.8. The number of thiocarbonyl (C=S) groups is 1. The molecule has 0 aliphatic carbocycles. The number of halogens is 1. The zero-order chi connectivity index (χ0) is 24.0. The fourth-order valence-electron chi connectivity index (χ4n) is 4.98. The lowest BCUT2D eigenvalue weighted by molar-refractivity contribution is 0.565. The molecule has 3 heterocycles. The van der Waals surface area contributed by atoms with Gasteiger partial charge in [-0.05, 0) is 105 Å². The van der Waals surface area contributed by atoms with Crippen molar-refractivity contribution in [3.63, 3.8) is 0 Å². The van der Waals surface area contributed by atoms with E-state index in [9.17, 15) is 0 Å². The molecule has 34 heavy (non-hydrogen) atoms. The van der Waals surface area contributed by atoms with E-state index in [0.29, 0.717) is 5.11 Å². The Morgan fingerprint density at radius 3 is 2.44 bits per heavy atom. The van der Waals surface area contributed by atoms with E-state index in [-0.39, 0.29) is 12.1 Å². The summed E-state index contributed by atoms with van der Waals surface area (Å²) in [6, 6.07) is 23.3. The zero-order valence-electron chi connectivity index (χ0n) is 19.7. The highest BCUT2D eigenvalue weighted by atomic mass is 79.9. The molecule has 1 aliphatic heterocycles. The normalized spacial score (nSPS) is 17.8. The first-order valence-electron chi connectivity index (χ1n) is 11.4. The summed E-state index contributed by atoms with van der Waals surface area (Å²) >= 11 is 9.55. The first-order chi connectivity index (χ1) is 16.3. The standard InChI is InChI=1S/C28H27BrN4S/c1-17-8-7-9-21(14-17)32-19(3)16-23(20(32)4)27-26(25-10-5-6-13-30-25)31-28(34)33(27)22-11-12-24(29)18(2)15-22/h5-16,26-27H,1-4H3,(H,31,34). The van der Waals surface area contributed by atoms with Gasteiger partial charge >= 0.3 is 0 Å². The Hall–Kier alpha value is -2.96. The second kappa shape index (κ2) is 9.01. The lowest BCUT2D eigenvalue weighted by atomic mass is 9.96. The van der Waals surface area contributed by atoms with Crippen LogP contribution >= 0.6 is 28.1 Å². The molecule has 6 heteroatoms. The van der Waals surface area contributed by atoms with Gasteiger partial charge in [-0.3, -0.25) is 4.98 Å². The summed E-state index contributed by atoms with van der Waals surface area (Å²) in [4.78, 5) is 6.94. The van der Waals surface area contributed by atoms with Gasteiger partial charge in [0.05, 0.1) is 17.8 Å². The Morgan fingerprint density at radius 1 is 0.912 bits per heavy atom. The van der Waals surface area contributed by atoms with Crippen LogP contribution in [0.3, 0.4) is 0 Å². The number of hydrogen-bond acceptors (Lipinski definition) is 2. The third-order valence-corrected chi connectivity index (χ3v) is 7.77. The van der Waals surface area contributed by atoms with Crippen LogP contribution in [0.1, 0.15) is 45.9 Å². The van der Waals surface area contributed by atoms with Crippen molar-refractivity contribution in [2.24, 2.45) is 0 Å². The molecule has 2 unspecified atom stereocenters. The lowest BCUT2D eigenvalue weighted by Crippen LogP contribution is -2.29. The van der Waals surface area contributed by atoms with Crippen molar-refractivity contribution in [1.29, 1.82) is 0 Å². The summed E-state index contributed by atoms with van der Waals surface area (Å²) in [5.74, 6) is 0. The summed E-state index contributed by atoms with van der Waals surface area (Å²) < 4.78 is 3.43. The minimum Gasteiger partial charge on any atom is -0.351 e. The van der Waals surface area contributed by atoms with Crippen molar-refractivity contribution in [1.82, 2.24) is 14.9 Å². The summed E-state index contributed by atoms with van der Waals surface area (Å²) in [6.45, 7) is 8.61. The first-order valence-corrected chi connectivity index (χ1v) is 12.6. The van der Waals surface area contributed by atoms with Gasteiger partial charge in [-0.15, -0.1) is 0 Å². The van der Waals surface area contributed by atoms with Gasteiger partial charge in [-0.25, -0.2) is 0 Å². The van der Waals surface area contributed by atoms with Gasteiger partial charge in [0, 0.05) is 33.4 Å². The number of pyridine rings is 1. The Labute approximate surface area is 214 Å². The number of aromatic nitrogens is 2. The smallest absolute Gasteiger partial charge is 0.174 e. The van der Waals surface area contributed by atoms with Crippen molar-refractivity contribution >= 4 is 38.9 Å². The predicted octanol–water partition coefficient (Wildman–Crippen LogP) is 7.05. The minimum absolute atomic E-state index is 0.0345. The minimum atomic E-state index is -0.0656. The van der Waals surface area contributed by atoms with Crippen LogP contribution in [0, 0.1) is 27.7 Å². The van der Waals surface area contributed by atoms with Crippen LogP contribution in [-0.2, 0) is 0 Å². The summed E-state index contributed by atoms with van der Waals surface area (Å²) in [7, 11) is 0. The van der Waals surface area contributed by atoms with Crippen LogP contribution in [0.25, 0.3) is 5.69 Å². The van der Waals surface area contributed by atoms with Gasteiger partial charge < -0.3 is 14.8 Å². The summed E-state index contributed by atoms with van der Waals surface area (Å²) in [5.41, 5.74) is 9.28. The van der Waals surface area contributed by atoms with E-state index in [4.69, 9.17) is 17.2 Å². The predicted molar refractivity (Wildman–Crippen MR) is 147 cm³/mol. The maximum Gasteiger partial charge on any atom is 0.174 e. The molecule has 2 aromatic carbocycles. The van der Waals surface area contributed by atoms with E-state index in [0.717, 1.165) is 15.9 Å². The van der Waals surface area contributed by atoms with Crippen molar-refractivity contribution in [2.75, 3.05) is 4.90 Å². The fraction of sp³-hybridized carbons (Fsp3) is 0.214. The molecular formula is C28H27BrN4S. The molecule has 4 nitrogen and oxygen atoms in total. The van der Waals surface area contributed by atoms with Crippen LogP contribution in [0.15, 0.2) is 77.4 Å². The monoisotopic (exact) mass is 530 g/mol. The van der Waals surface area contributed by atoms with Crippen molar-refractivity contribution in [3.05, 3.63) is 111 Å². The molecule has 0 spiro atoms. The molecule has 5 rings (SSSR count). The lowest BCUT2D eigenvalue weighted by Gasteiger charge is -2.28. The summed E-state index contributed by atoms with van der Waals surface area (Å²) in [6.07, 6.45) is 1.85. The molecule has 0 bridgehead atoms. The van der Waals surface area contributed by atoms with Crippen LogP contribution in [0.4, 0.5) is 5.69 Å². The highest BCUT2D eigenvalue weighted by Gasteiger charge is 2.42. The Bertz CT molecular complexity index is 1380. The molecule has 0 saturated carbocycles. The second-order valence-electron chi connectivity index (χ2n) is 8.93. The second-order valence-corrected chi connectivity index (χ2v) is 10.2. The number of nitrogens with zero attached hydrogens (tertiary/aromatic N) is 3. The van der Waals surface area contributed by atoms with E-state index in [1.54, 1.807) is 0 Å². The van der Waals surface area contributed by atoms with Gasteiger partial charge in [-0.1, -0.05) is 34.1 Å². The summed E-state index contributed by atoms with van der Waals surface area (Å²) in [5, 5.41) is 4.29. The Morgan fingerprint density at radius 2 is 1.74 bits per heavy atom. The molecule has 172 valence electrons. The Balaban J connectivity index is 1.69. The molecule has 0 amide bonds. The quantitative estimate of drug-likeness (QED) is 0.286. The highest BCUT2D eigenvalue weighted by molar-refractivity contribution is 9.10. The van der Waals surface area contributed by atoms with E-state index in [1.807, 2.05) is 18.3 Å². The molecule has 1 fully saturated rings. The zero-order valence-corrected chi connectivity index (χ0v) is 22.1. The molecule has 1 saturated heterocycles. The number of benzene rings is 2. The van der Waals surface area contributed by atoms with Crippen molar-refractivity contribution in [2.45, 2.75) is 39.8 Å². The largest absolute Gasteiger partial charge is 0.351 e. The van der Waals surface area contributed by atoms with Crippen LogP contribution < -0.4 is 10.2 Å². The molecule has 0 radical (unpaired) electrons. The molecule has 2 atom stereocenters. The van der Waals surface area contributed by atoms with E-state index in [1.165, 1.54) is 33.8 Å². The number of rotatable bonds is 4. The number of nitrogens with one attached hydrogen (secondary N) is 1. The van der Waals surface area contributed by atoms with Crippen LogP contribution in [-0.4, -0.2) is 14.7 Å². The van der Waals surface area contributed by atoms with Crippen LogP contribution in [0.5, 0.6) is 0 Å². The van der Waals surface area contributed by atoms with Gasteiger partial charge in [0.1, 0.15) is 0 Å². The molecule has 1 aliphatic rings. The number of aryl methyl sites for hydroxylation is 3. The van der Waals surface area contributed by atoms with E-state index < -0.39 is 0 Å². The third-order valence-electron chi connectivity index (χ3n) is 6.57. The average Bonchev–Trinajstić information content (AvgIpc) is 3.31. The van der Waals surface area contributed by atoms with Crippen LogP contribution in [0.2, 0.25) is 0 Å². The van der Waals surface area contributed by atoms with Crippen molar-refractivity contribution in [3.8, 4) is 5.69 Å². The maximum atomic E-state index is 5.91. The van der Waals surface area contributed by atoms with Gasteiger partial charge in [0.2, 0.25) is 0 Å². The topological polar surface area (TPSA) is 33.1 Å². The molecule has 1 N–H and O–H groups in total. The molecule has 2 aromatic heterocycles. The fourth-order valence-corrected chi connectivity index (χ4v) is 5.57. The third kappa shape index (κ3) is 3.95. The maximum absolute atomic E-state index is 5.91. The molecule has 4 aromatic rings. The van der Waals surface area contributed by atoms with E-state index >= 15 is 0 Å². The number of hydrogen-bond donors (Lipinski definition) is 1. The number of anilines is 1. The van der Waals surface area contributed by atoms with Crippen molar-refractivity contribution < 1.29 is 0 Å². The average molecular weight is 532 g/mol. The molecular weight excluding hydrogens is 504 g/mol. The van der Waals surface area contributed by atoms with Gasteiger partial charge in [0.15, 0.2) is 5.11 Å². The van der Waals surface area contributed by atoms with Gasteiger partial charge in [0.25, 0.3) is 0 Å². The van der Waals surface area contributed by atoms with Gasteiger partial charge in [-0.2, -0.15) is 0 Å². The van der Waals surface area contributed by atoms with E-state index in [2.05, 4.69) is 113 Å². The Kier molecular flexibility index (Phi) is 6.04.